The van der Waals surface area contributed by atoms with Gasteiger partial charge in [0.05, 0.1) is 19.3 Å². The zero-order valence-electron chi connectivity index (χ0n) is 10.8. The van der Waals surface area contributed by atoms with Crippen molar-refractivity contribution >= 4 is 0 Å². The van der Waals surface area contributed by atoms with Crippen molar-refractivity contribution in [2.24, 2.45) is 0 Å². The molecule has 1 rings (SSSR count). The molecule has 2 N–H and O–H groups in total. The number of nitrogens with zero attached hydrogens (tertiary/aromatic N) is 1. The number of aliphatic hydroxyl groups excluding tert-OH is 2. The summed E-state index contributed by atoms with van der Waals surface area (Å²) in [5, 5.41) is 18.3. The fourth-order valence-electron chi connectivity index (χ4n) is 1.68. The van der Waals surface area contributed by atoms with Crippen LogP contribution in [0.15, 0.2) is 30.3 Å². The third kappa shape index (κ3) is 5.83. The summed E-state index contributed by atoms with van der Waals surface area (Å²) >= 11 is 0. The van der Waals surface area contributed by atoms with E-state index in [1.807, 2.05) is 30.3 Å². The van der Waals surface area contributed by atoms with E-state index in [2.05, 4.69) is 23.7 Å². The minimum atomic E-state index is -0.685. The molecule has 0 bridgehead atoms. The molecule has 0 radical (unpaired) electrons. The average molecular weight is 247 g/mol. The van der Waals surface area contributed by atoms with Crippen molar-refractivity contribution < 1.29 is 10.2 Å². The van der Waals surface area contributed by atoms with Gasteiger partial charge in [0.15, 0.2) is 0 Å². The highest BCUT2D eigenvalue weighted by atomic mass is 16.3. The Morgan fingerprint density at radius 2 is 2.00 bits per heavy atom. The molecule has 1 aromatic carbocycles. The molecular formula is C15H21NO2. The van der Waals surface area contributed by atoms with E-state index in [1.54, 1.807) is 0 Å². The second-order valence-corrected chi connectivity index (χ2v) is 4.24. The molecule has 0 saturated carbocycles. The molecule has 0 amide bonds. The predicted molar refractivity (Wildman–Crippen MR) is 73.1 cm³/mol. The van der Waals surface area contributed by atoms with Crippen LogP contribution in [0.2, 0.25) is 0 Å². The number of benzene rings is 1. The summed E-state index contributed by atoms with van der Waals surface area (Å²) in [6.07, 6.45) is 0.320. The Morgan fingerprint density at radius 3 is 2.61 bits per heavy atom. The van der Waals surface area contributed by atoms with Crippen LogP contribution in [0.5, 0.6) is 0 Å². The van der Waals surface area contributed by atoms with Crippen molar-refractivity contribution in [2.75, 3.05) is 26.2 Å². The van der Waals surface area contributed by atoms with Gasteiger partial charge in [0.25, 0.3) is 0 Å². The molecule has 3 nitrogen and oxygen atoms in total. The fraction of sp³-hybridized carbons (Fsp3) is 0.467. The SMILES string of the molecule is CCCN(CC#Cc1ccccc1)C[C@H](O)CO. The minimum Gasteiger partial charge on any atom is -0.394 e. The second-order valence-electron chi connectivity index (χ2n) is 4.24. The summed E-state index contributed by atoms with van der Waals surface area (Å²) in [4.78, 5) is 2.05. The molecule has 98 valence electrons. The Bertz CT molecular complexity index is 380. The van der Waals surface area contributed by atoms with E-state index in [-0.39, 0.29) is 6.61 Å². The first kappa shape index (κ1) is 14.7. The first-order valence-electron chi connectivity index (χ1n) is 6.31. The molecule has 0 fully saturated rings. The number of hydrogen-bond acceptors (Lipinski definition) is 3. The highest BCUT2D eigenvalue weighted by molar-refractivity contribution is 5.33. The van der Waals surface area contributed by atoms with Gasteiger partial charge in [0.2, 0.25) is 0 Å². The first-order valence-corrected chi connectivity index (χ1v) is 6.31. The van der Waals surface area contributed by atoms with Crippen LogP contribution in [-0.4, -0.2) is 47.5 Å². The molecule has 1 atom stereocenters. The van der Waals surface area contributed by atoms with Crippen LogP contribution in [0, 0.1) is 11.8 Å². The van der Waals surface area contributed by atoms with Gasteiger partial charge < -0.3 is 10.2 Å². The van der Waals surface area contributed by atoms with Crippen LogP contribution in [0.3, 0.4) is 0 Å². The van der Waals surface area contributed by atoms with Gasteiger partial charge in [-0.25, -0.2) is 0 Å². The quantitative estimate of drug-likeness (QED) is 0.740. The van der Waals surface area contributed by atoms with Gasteiger partial charge in [-0.1, -0.05) is 37.0 Å². The maximum atomic E-state index is 9.43. The average Bonchev–Trinajstić information content (AvgIpc) is 2.40. The Labute approximate surface area is 109 Å². The lowest BCUT2D eigenvalue weighted by atomic mass is 10.2. The monoisotopic (exact) mass is 247 g/mol. The van der Waals surface area contributed by atoms with Crippen LogP contribution in [-0.2, 0) is 0 Å². The molecule has 1 aromatic rings. The first-order chi connectivity index (χ1) is 8.76. The predicted octanol–water partition coefficient (Wildman–Crippen LogP) is 1.10. The highest BCUT2D eigenvalue weighted by Gasteiger charge is 2.08. The molecule has 18 heavy (non-hydrogen) atoms. The topological polar surface area (TPSA) is 43.7 Å². The fourth-order valence-corrected chi connectivity index (χ4v) is 1.68. The Balaban J connectivity index is 2.49. The van der Waals surface area contributed by atoms with Crippen molar-refractivity contribution in [3.05, 3.63) is 35.9 Å². The lowest BCUT2D eigenvalue weighted by molar-refractivity contribution is 0.0631. The van der Waals surface area contributed by atoms with Crippen LogP contribution in [0.25, 0.3) is 0 Å². The van der Waals surface area contributed by atoms with E-state index in [0.717, 1.165) is 18.5 Å². The smallest absolute Gasteiger partial charge is 0.0897 e. The van der Waals surface area contributed by atoms with Crippen molar-refractivity contribution in [2.45, 2.75) is 19.4 Å². The highest BCUT2D eigenvalue weighted by Crippen LogP contribution is 1.97. The van der Waals surface area contributed by atoms with E-state index in [0.29, 0.717) is 13.1 Å². The third-order valence-corrected chi connectivity index (χ3v) is 2.53. The van der Waals surface area contributed by atoms with Crippen LogP contribution >= 0.6 is 0 Å². The Morgan fingerprint density at radius 1 is 1.28 bits per heavy atom. The van der Waals surface area contributed by atoms with Crippen LogP contribution < -0.4 is 0 Å². The summed E-state index contributed by atoms with van der Waals surface area (Å²) in [6, 6.07) is 9.83. The normalized spacial score (nSPS) is 12.0. The number of hydrogen-bond donors (Lipinski definition) is 2. The summed E-state index contributed by atoms with van der Waals surface area (Å²) in [6.45, 7) is 3.84. The molecule has 0 spiro atoms. The van der Waals surface area contributed by atoms with Crippen LogP contribution in [0.4, 0.5) is 0 Å². The van der Waals surface area contributed by atoms with Gasteiger partial charge in [0.1, 0.15) is 0 Å². The van der Waals surface area contributed by atoms with Crippen molar-refractivity contribution in [3.8, 4) is 11.8 Å². The maximum absolute atomic E-state index is 9.43. The molecule has 0 aromatic heterocycles. The molecule has 0 heterocycles. The van der Waals surface area contributed by atoms with Crippen LogP contribution in [0.1, 0.15) is 18.9 Å². The Hall–Kier alpha value is -1.34. The molecule has 3 heteroatoms. The molecule has 0 unspecified atom stereocenters. The van der Waals surface area contributed by atoms with E-state index in [9.17, 15) is 5.11 Å². The minimum absolute atomic E-state index is 0.202. The van der Waals surface area contributed by atoms with E-state index in [1.165, 1.54) is 0 Å². The maximum Gasteiger partial charge on any atom is 0.0897 e. The molecule has 0 aliphatic heterocycles. The van der Waals surface area contributed by atoms with Gasteiger partial charge in [-0.05, 0) is 25.1 Å². The lowest BCUT2D eigenvalue weighted by Crippen LogP contribution is -2.35. The van der Waals surface area contributed by atoms with E-state index >= 15 is 0 Å². The molecular weight excluding hydrogens is 226 g/mol. The van der Waals surface area contributed by atoms with Crippen molar-refractivity contribution in [1.82, 2.24) is 4.90 Å². The summed E-state index contributed by atoms with van der Waals surface area (Å²) < 4.78 is 0. The zero-order chi connectivity index (χ0) is 13.2. The van der Waals surface area contributed by atoms with Crippen molar-refractivity contribution in [1.29, 1.82) is 0 Å². The standard InChI is InChI=1S/C15H21NO2/c1-2-10-16(12-15(18)13-17)11-6-9-14-7-4-3-5-8-14/h3-5,7-8,15,17-18H,2,10-13H2,1H3/t15-/m0/s1. The number of rotatable bonds is 6. The van der Waals surface area contributed by atoms with Gasteiger partial charge in [0, 0.05) is 12.1 Å². The van der Waals surface area contributed by atoms with E-state index < -0.39 is 6.10 Å². The van der Waals surface area contributed by atoms with Gasteiger partial charge in [-0.2, -0.15) is 0 Å². The molecule has 0 aliphatic rings. The zero-order valence-corrected chi connectivity index (χ0v) is 10.8. The summed E-state index contributed by atoms with van der Waals surface area (Å²) in [5.74, 6) is 6.19. The summed E-state index contributed by atoms with van der Waals surface area (Å²) in [7, 11) is 0. The summed E-state index contributed by atoms with van der Waals surface area (Å²) in [5.41, 5.74) is 0.997. The van der Waals surface area contributed by atoms with Gasteiger partial charge >= 0.3 is 0 Å². The van der Waals surface area contributed by atoms with Gasteiger partial charge in [-0.3, -0.25) is 4.90 Å². The van der Waals surface area contributed by atoms with Gasteiger partial charge in [-0.15, -0.1) is 0 Å². The lowest BCUT2D eigenvalue weighted by Gasteiger charge is -2.21. The second kappa shape index (κ2) is 8.71. The largest absolute Gasteiger partial charge is 0.394 e. The Kier molecular flexibility index (Phi) is 7.12. The van der Waals surface area contributed by atoms with Crippen molar-refractivity contribution in [3.63, 3.8) is 0 Å². The number of aliphatic hydroxyl groups is 2. The molecule has 0 aliphatic carbocycles. The molecule has 0 saturated heterocycles. The third-order valence-electron chi connectivity index (χ3n) is 2.53. The van der Waals surface area contributed by atoms with E-state index in [4.69, 9.17) is 5.11 Å².